The van der Waals surface area contributed by atoms with Gasteiger partial charge in [0.15, 0.2) is 0 Å². The highest BCUT2D eigenvalue weighted by molar-refractivity contribution is 9.09. The van der Waals surface area contributed by atoms with Gasteiger partial charge in [-0.05, 0) is 38.5 Å². The fourth-order valence-electron chi connectivity index (χ4n) is 1.30. The lowest BCUT2D eigenvalue weighted by molar-refractivity contribution is 0.0913. The van der Waals surface area contributed by atoms with Gasteiger partial charge in [-0.1, -0.05) is 28.9 Å². The molecule has 0 fully saturated rings. The van der Waals surface area contributed by atoms with Crippen LogP contribution >= 0.6 is 15.9 Å². The molecule has 2 nitrogen and oxygen atoms in total. The van der Waals surface area contributed by atoms with Crippen molar-refractivity contribution >= 4 is 21.8 Å². The van der Waals surface area contributed by atoms with Crippen LogP contribution < -0.4 is 5.32 Å². The van der Waals surface area contributed by atoms with Crippen molar-refractivity contribution in [3.05, 3.63) is 35.1 Å². The minimum atomic E-state index is -0.398. The number of rotatable bonds is 3. The summed E-state index contributed by atoms with van der Waals surface area (Å²) in [6.07, 6.45) is 0. The van der Waals surface area contributed by atoms with Crippen LogP contribution in [0.3, 0.4) is 0 Å². The molecule has 0 bridgehead atoms. The average molecular weight is 302 g/mol. The van der Waals surface area contributed by atoms with E-state index >= 15 is 0 Å². The quantitative estimate of drug-likeness (QED) is 0.852. The molecule has 1 aromatic carbocycles. The first kappa shape index (κ1) is 14.2. The summed E-state index contributed by atoms with van der Waals surface area (Å²) in [6, 6.07) is 4.22. The first-order valence-electron chi connectivity index (χ1n) is 5.47. The van der Waals surface area contributed by atoms with Crippen molar-refractivity contribution in [2.75, 3.05) is 0 Å². The summed E-state index contributed by atoms with van der Waals surface area (Å²) >= 11 is 3.44. The van der Waals surface area contributed by atoms with Crippen LogP contribution in [0, 0.1) is 12.7 Å². The zero-order chi connectivity index (χ0) is 13.2. The minimum absolute atomic E-state index is 0.118. The van der Waals surface area contributed by atoms with E-state index in [0.717, 1.165) is 5.56 Å². The van der Waals surface area contributed by atoms with Gasteiger partial charge in [0.1, 0.15) is 5.82 Å². The molecule has 1 amide bonds. The molecule has 1 atom stereocenters. The second-order valence-electron chi connectivity index (χ2n) is 4.75. The SMILES string of the molecule is Cc1ccc(F)cc1C(=O)NC(C)(C)C(C)Br. The number of carbonyl (C=O) groups excluding carboxylic acids is 1. The number of halogens is 2. The molecular weight excluding hydrogens is 285 g/mol. The number of carbonyl (C=O) groups is 1. The van der Waals surface area contributed by atoms with E-state index in [0.29, 0.717) is 5.56 Å². The summed E-state index contributed by atoms with van der Waals surface area (Å²) in [5.74, 6) is -0.649. The highest BCUT2D eigenvalue weighted by Gasteiger charge is 2.26. The predicted molar refractivity (Wildman–Crippen MR) is 71.1 cm³/mol. The van der Waals surface area contributed by atoms with Crippen LogP contribution in [0.2, 0.25) is 0 Å². The molecule has 1 rings (SSSR count). The summed E-state index contributed by atoms with van der Waals surface area (Å²) in [4.78, 5) is 12.2. The number of amides is 1. The van der Waals surface area contributed by atoms with Crippen molar-refractivity contribution in [3.8, 4) is 0 Å². The molecule has 0 aliphatic heterocycles. The van der Waals surface area contributed by atoms with Gasteiger partial charge >= 0.3 is 0 Å². The van der Waals surface area contributed by atoms with Crippen LogP contribution in [0.25, 0.3) is 0 Å². The Balaban J connectivity index is 2.94. The highest BCUT2D eigenvalue weighted by Crippen LogP contribution is 2.18. The van der Waals surface area contributed by atoms with Gasteiger partial charge in [-0.25, -0.2) is 4.39 Å². The molecule has 0 heterocycles. The molecule has 1 unspecified atom stereocenters. The van der Waals surface area contributed by atoms with Gasteiger partial charge < -0.3 is 5.32 Å². The van der Waals surface area contributed by atoms with Crippen molar-refractivity contribution in [2.45, 2.75) is 38.1 Å². The van der Waals surface area contributed by atoms with Crippen LogP contribution in [-0.4, -0.2) is 16.3 Å². The van der Waals surface area contributed by atoms with Gasteiger partial charge in [-0.2, -0.15) is 0 Å². The molecule has 0 aromatic heterocycles. The number of hydrogen-bond acceptors (Lipinski definition) is 1. The lowest BCUT2D eigenvalue weighted by Crippen LogP contribution is -2.49. The maximum absolute atomic E-state index is 13.1. The lowest BCUT2D eigenvalue weighted by atomic mass is 10.00. The topological polar surface area (TPSA) is 29.1 Å². The maximum atomic E-state index is 13.1. The third-order valence-corrected chi connectivity index (χ3v) is 4.02. The summed E-state index contributed by atoms with van der Waals surface area (Å²) in [5, 5.41) is 2.89. The zero-order valence-electron chi connectivity index (χ0n) is 10.5. The third-order valence-electron chi connectivity index (χ3n) is 2.87. The van der Waals surface area contributed by atoms with Gasteiger partial charge in [-0.15, -0.1) is 0 Å². The Kier molecular flexibility index (Phi) is 4.31. The molecule has 1 N–H and O–H groups in total. The normalized spacial score (nSPS) is 13.3. The lowest BCUT2D eigenvalue weighted by Gasteiger charge is -2.29. The summed E-state index contributed by atoms with van der Waals surface area (Å²) in [6.45, 7) is 7.58. The molecule has 0 aliphatic rings. The Morgan fingerprint density at radius 3 is 2.59 bits per heavy atom. The summed E-state index contributed by atoms with van der Waals surface area (Å²) in [7, 11) is 0. The molecule has 0 saturated heterocycles. The van der Waals surface area contributed by atoms with E-state index in [4.69, 9.17) is 0 Å². The standard InChI is InChI=1S/C13H17BrFNO/c1-8-5-6-10(15)7-11(8)12(17)16-13(3,4)9(2)14/h5-7,9H,1-4H3,(H,16,17). The van der Waals surface area contributed by atoms with E-state index in [2.05, 4.69) is 21.2 Å². The molecule has 0 radical (unpaired) electrons. The second kappa shape index (κ2) is 5.17. The predicted octanol–water partition coefficient (Wildman–Crippen LogP) is 3.43. The molecular formula is C13H17BrFNO. The molecule has 0 spiro atoms. The number of aryl methyl sites for hydroxylation is 1. The van der Waals surface area contributed by atoms with Crippen molar-refractivity contribution < 1.29 is 9.18 Å². The fraction of sp³-hybridized carbons (Fsp3) is 0.462. The molecule has 1 aromatic rings. The van der Waals surface area contributed by atoms with Gasteiger partial charge in [-0.3, -0.25) is 4.79 Å². The third kappa shape index (κ3) is 3.53. The van der Waals surface area contributed by atoms with E-state index in [-0.39, 0.29) is 10.7 Å². The monoisotopic (exact) mass is 301 g/mol. The average Bonchev–Trinajstić information content (AvgIpc) is 2.20. The Bertz CT molecular complexity index is 429. The molecule has 4 heteroatoms. The van der Waals surface area contributed by atoms with Crippen molar-refractivity contribution in [2.24, 2.45) is 0 Å². The van der Waals surface area contributed by atoms with Crippen LogP contribution in [0.4, 0.5) is 4.39 Å². The van der Waals surface area contributed by atoms with Crippen LogP contribution in [-0.2, 0) is 0 Å². The van der Waals surface area contributed by atoms with Gasteiger partial charge in [0, 0.05) is 15.9 Å². The summed E-state index contributed by atoms with van der Waals surface area (Å²) < 4.78 is 13.1. The van der Waals surface area contributed by atoms with Crippen LogP contribution in [0.1, 0.15) is 36.7 Å². The Morgan fingerprint density at radius 1 is 1.47 bits per heavy atom. The van der Waals surface area contributed by atoms with E-state index in [1.807, 2.05) is 20.8 Å². The van der Waals surface area contributed by atoms with E-state index < -0.39 is 11.4 Å². The number of nitrogens with one attached hydrogen (secondary N) is 1. The Labute approximate surface area is 110 Å². The van der Waals surface area contributed by atoms with Crippen molar-refractivity contribution in [1.82, 2.24) is 5.32 Å². The number of alkyl halides is 1. The van der Waals surface area contributed by atoms with Crippen molar-refractivity contribution in [3.63, 3.8) is 0 Å². The Hall–Kier alpha value is -0.900. The van der Waals surface area contributed by atoms with Crippen molar-refractivity contribution in [1.29, 1.82) is 0 Å². The van der Waals surface area contributed by atoms with Crippen LogP contribution in [0.5, 0.6) is 0 Å². The maximum Gasteiger partial charge on any atom is 0.252 e. The van der Waals surface area contributed by atoms with Crippen LogP contribution in [0.15, 0.2) is 18.2 Å². The fourth-order valence-corrected chi connectivity index (χ4v) is 1.41. The number of hydrogen-bond donors (Lipinski definition) is 1. The molecule has 0 saturated carbocycles. The minimum Gasteiger partial charge on any atom is -0.346 e. The second-order valence-corrected chi connectivity index (χ2v) is 6.12. The molecule has 17 heavy (non-hydrogen) atoms. The summed E-state index contributed by atoms with van der Waals surface area (Å²) in [5.41, 5.74) is 0.753. The van der Waals surface area contributed by atoms with Gasteiger partial charge in [0.05, 0.1) is 0 Å². The Morgan fingerprint density at radius 2 is 2.06 bits per heavy atom. The molecule has 0 aliphatic carbocycles. The first-order valence-corrected chi connectivity index (χ1v) is 6.38. The van der Waals surface area contributed by atoms with E-state index in [1.54, 1.807) is 13.0 Å². The first-order chi connectivity index (χ1) is 7.74. The number of benzene rings is 1. The van der Waals surface area contributed by atoms with E-state index in [1.165, 1.54) is 12.1 Å². The zero-order valence-corrected chi connectivity index (χ0v) is 12.1. The van der Waals surface area contributed by atoms with Gasteiger partial charge in [0.2, 0.25) is 0 Å². The van der Waals surface area contributed by atoms with E-state index in [9.17, 15) is 9.18 Å². The highest BCUT2D eigenvalue weighted by atomic mass is 79.9. The molecule has 94 valence electrons. The largest absolute Gasteiger partial charge is 0.346 e. The smallest absolute Gasteiger partial charge is 0.252 e. The van der Waals surface area contributed by atoms with Gasteiger partial charge in [0.25, 0.3) is 5.91 Å².